The molecule has 2 saturated heterocycles. The molecule has 2 unspecified atom stereocenters. The number of rotatable bonds is 3. The van der Waals surface area contributed by atoms with Crippen LogP contribution in [0.25, 0.3) is 0 Å². The Bertz CT molecular complexity index is 846. The Morgan fingerprint density at radius 3 is 2.43 bits per heavy atom. The van der Waals surface area contributed by atoms with Gasteiger partial charge in [-0.2, -0.15) is 0 Å². The van der Waals surface area contributed by atoms with Crippen LogP contribution in [0.4, 0.5) is 5.69 Å². The molecule has 1 amide bonds. The topological polar surface area (TPSA) is 47.6 Å². The molecule has 2 heterocycles. The fourth-order valence-electron chi connectivity index (χ4n) is 4.10. The van der Waals surface area contributed by atoms with Gasteiger partial charge >= 0.3 is 0 Å². The van der Waals surface area contributed by atoms with Gasteiger partial charge in [0.2, 0.25) is 5.91 Å². The maximum atomic E-state index is 13.0. The van der Waals surface area contributed by atoms with Gasteiger partial charge in [0.1, 0.15) is 6.04 Å². The standard InChI is InChI=1S/C22H27ClN4O/c1-15-4-3-5-21(16(15)2)26-10-12-27(13-11-26)22(28)20-14-19(24-25-20)17-6-8-18(23)9-7-17/h3-9,19-20,24-25H,10-14H2,1-2H3. The second-order valence-electron chi connectivity index (χ2n) is 7.71. The quantitative estimate of drug-likeness (QED) is 0.833. The van der Waals surface area contributed by atoms with Crippen molar-refractivity contribution >= 4 is 23.2 Å². The summed E-state index contributed by atoms with van der Waals surface area (Å²) in [6.07, 6.45) is 0.748. The minimum absolute atomic E-state index is 0.127. The lowest BCUT2D eigenvalue weighted by Crippen LogP contribution is -2.53. The molecule has 28 heavy (non-hydrogen) atoms. The first-order valence-electron chi connectivity index (χ1n) is 9.89. The van der Waals surface area contributed by atoms with E-state index in [-0.39, 0.29) is 18.0 Å². The van der Waals surface area contributed by atoms with Crippen molar-refractivity contribution in [3.63, 3.8) is 0 Å². The first-order valence-corrected chi connectivity index (χ1v) is 10.3. The third kappa shape index (κ3) is 3.88. The second kappa shape index (κ2) is 8.11. The number of nitrogens with zero attached hydrogens (tertiary/aromatic N) is 2. The van der Waals surface area contributed by atoms with Gasteiger partial charge in [-0.3, -0.25) is 4.79 Å². The fraction of sp³-hybridized carbons (Fsp3) is 0.409. The first kappa shape index (κ1) is 19.2. The van der Waals surface area contributed by atoms with Crippen LogP contribution < -0.4 is 15.8 Å². The number of carbonyl (C=O) groups excluding carboxylic acids is 1. The molecule has 4 rings (SSSR count). The van der Waals surface area contributed by atoms with E-state index in [4.69, 9.17) is 11.6 Å². The van der Waals surface area contributed by atoms with E-state index in [1.54, 1.807) is 0 Å². The highest BCUT2D eigenvalue weighted by Gasteiger charge is 2.34. The molecule has 0 aromatic heterocycles. The molecule has 0 spiro atoms. The third-order valence-corrected chi connectivity index (χ3v) is 6.23. The molecule has 2 N–H and O–H groups in total. The number of hydrogen-bond acceptors (Lipinski definition) is 4. The van der Waals surface area contributed by atoms with Gasteiger partial charge in [0.15, 0.2) is 0 Å². The van der Waals surface area contributed by atoms with Gasteiger partial charge < -0.3 is 9.80 Å². The summed E-state index contributed by atoms with van der Waals surface area (Å²) >= 11 is 5.97. The molecule has 2 atom stereocenters. The van der Waals surface area contributed by atoms with Crippen molar-refractivity contribution in [2.45, 2.75) is 32.4 Å². The fourth-order valence-corrected chi connectivity index (χ4v) is 4.22. The van der Waals surface area contributed by atoms with Crippen LogP contribution in [-0.4, -0.2) is 43.0 Å². The highest BCUT2D eigenvalue weighted by atomic mass is 35.5. The van der Waals surface area contributed by atoms with Gasteiger partial charge in [-0.15, -0.1) is 0 Å². The molecular formula is C22H27ClN4O. The molecule has 2 aromatic rings. The Morgan fingerprint density at radius 1 is 1.00 bits per heavy atom. The lowest BCUT2D eigenvalue weighted by atomic mass is 10.0. The smallest absolute Gasteiger partial charge is 0.241 e. The molecule has 6 heteroatoms. The SMILES string of the molecule is Cc1cccc(N2CCN(C(=O)C3CC(c4ccc(Cl)cc4)NN3)CC2)c1C. The lowest BCUT2D eigenvalue weighted by molar-refractivity contribution is -0.133. The largest absolute Gasteiger partial charge is 0.368 e. The van der Waals surface area contributed by atoms with Crippen molar-refractivity contribution < 1.29 is 4.79 Å². The maximum Gasteiger partial charge on any atom is 0.241 e. The Hall–Kier alpha value is -2.08. The Kier molecular flexibility index (Phi) is 5.58. The van der Waals surface area contributed by atoms with Crippen molar-refractivity contribution in [1.29, 1.82) is 0 Å². The molecule has 2 aliphatic heterocycles. The number of hydrazine groups is 1. The molecule has 0 saturated carbocycles. The van der Waals surface area contributed by atoms with E-state index < -0.39 is 0 Å². The minimum atomic E-state index is -0.187. The number of hydrogen-bond donors (Lipinski definition) is 2. The normalized spacial score (nSPS) is 22.5. The van der Waals surface area contributed by atoms with E-state index in [2.05, 4.69) is 47.8 Å². The van der Waals surface area contributed by atoms with E-state index in [0.717, 1.165) is 43.2 Å². The van der Waals surface area contributed by atoms with Gasteiger partial charge in [0.05, 0.1) is 0 Å². The predicted octanol–water partition coefficient (Wildman–Crippen LogP) is 3.21. The van der Waals surface area contributed by atoms with E-state index in [1.165, 1.54) is 16.8 Å². The number of halogens is 1. The molecule has 0 bridgehead atoms. The van der Waals surface area contributed by atoms with E-state index in [0.29, 0.717) is 0 Å². The summed E-state index contributed by atoms with van der Waals surface area (Å²) in [7, 11) is 0. The van der Waals surface area contributed by atoms with Crippen molar-refractivity contribution in [1.82, 2.24) is 15.8 Å². The van der Waals surface area contributed by atoms with E-state index in [1.807, 2.05) is 29.2 Å². The van der Waals surface area contributed by atoms with E-state index in [9.17, 15) is 4.79 Å². The minimum Gasteiger partial charge on any atom is -0.368 e. The predicted molar refractivity (Wildman–Crippen MR) is 114 cm³/mol. The molecule has 2 fully saturated rings. The zero-order valence-corrected chi connectivity index (χ0v) is 17.2. The highest BCUT2D eigenvalue weighted by Crippen LogP contribution is 2.26. The monoisotopic (exact) mass is 398 g/mol. The third-order valence-electron chi connectivity index (χ3n) is 5.98. The number of piperazine rings is 1. The van der Waals surface area contributed by atoms with Gasteiger partial charge in [-0.1, -0.05) is 35.9 Å². The maximum absolute atomic E-state index is 13.0. The highest BCUT2D eigenvalue weighted by molar-refractivity contribution is 6.30. The van der Waals surface area contributed by atoms with E-state index >= 15 is 0 Å². The molecule has 2 aliphatic rings. The van der Waals surface area contributed by atoms with Crippen LogP contribution in [0.5, 0.6) is 0 Å². The Balaban J connectivity index is 1.34. The molecule has 0 aliphatic carbocycles. The zero-order valence-electron chi connectivity index (χ0n) is 16.4. The summed E-state index contributed by atoms with van der Waals surface area (Å²) in [5, 5.41) is 0.726. The van der Waals surface area contributed by atoms with Crippen molar-refractivity contribution in [3.8, 4) is 0 Å². The number of anilines is 1. The van der Waals surface area contributed by atoms with Crippen LogP contribution in [-0.2, 0) is 4.79 Å². The molecule has 148 valence electrons. The van der Waals surface area contributed by atoms with Gasteiger partial charge in [0.25, 0.3) is 0 Å². The zero-order chi connectivity index (χ0) is 19.7. The van der Waals surface area contributed by atoms with Gasteiger partial charge in [0, 0.05) is 42.9 Å². The Morgan fingerprint density at radius 2 is 1.71 bits per heavy atom. The number of aryl methyl sites for hydroxylation is 1. The summed E-state index contributed by atoms with van der Waals surface area (Å²) in [6.45, 7) is 7.58. The van der Waals surface area contributed by atoms with Crippen LogP contribution in [0.2, 0.25) is 5.02 Å². The Labute approximate surface area is 171 Å². The average molecular weight is 399 g/mol. The van der Waals surface area contributed by atoms with Crippen LogP contribution in [0, 0.1) is 13.8 Å². The number of amides is 1. The van der Waals surface area contributed by atoms with Crippen molar-refractivity contribution in [2.75, 3.05) is 31.1 Å². The van der Waals surface area contributed by atoms with Crippen LogP contribution in [0.15, 0.2) is 42.5 Å². The van der Waals surface area contributed by atoms with Crippen LogP contribution in [0.1, 0.15) is 29.2 Å². The second-order valence-corrected chi connectivity index (χ2v) is 8.15. The molecular weight excluding hydrogens is 372 g/mol. The summed E-state index contributed by atoms with van der Waals surface area (Å²) < 4.78 is 0. The van der Waals surface area contributed by atoms with Crippen molar-refractivity contribution in [3.05, 3.63) is 64.2 Å². The molecule has 0 radical (unpaired) electrons. The van der Waals surface area contributed by atoms with Crippen LogP contribution >= 0.6 is 11.6 Å². The lowest BCUT2D eigenvalue weighted by Gasteiger charge is -2.38. The summed E-state index contributed by atoms with van der Waals surface area (Å²) in [4.78, 5) is 17.4. The average Bonchev–Trinajstić information content (AvgIpc) is 3.20. The van der Waals surface area contributed by atoms with Crippen molar-refractivity contribution in [2.24, 2.45) is 0 Å². The van der Waals surface area contributed by atoms with Crippen LogP contribution in [0.3, 0.4) is 0 Å². The van der Waals surface area contributed by atoms with Gasteiger partial charge in [-0.25, -0.2) is 10.9 Å². The summed E-state index contributed by atoms with van der Waals surface area (Å²) in [5.41, 5.74) is 11.5. The molecule has 5 nitrogen and oxygen atoms in total. The first-order chi connectivity index (χ1) is 13.5. The number of carbonyl (C=O) groups is 1. The summed E-state index contributed by atoms with van der Waals surface area (Å²) in [6, 6.07) is 14.2. The van der Waals surface area contributed by atoms with Gasteiger partial charge in [-0.05, 0) is 55.2 Å². The molecule has 2 aromatic carbocycles. The number of benzene rings is 2. The summed E-state index contributed by atoms with van der Waals surface area (Å²) in [5.74, 6) is 0.185. The number of nitrogens with one attached hydrogen (secondary N) is 2.